The molecule has 2 heterocycles. The van der Waals surface area contributed by atoms with Crippen LogP contribution in [-0.2, 0) is 30.4 Å². The number of carbonyl (C=O) groups excluding carboxylic acids is 3. The number of β-amino-alcohol motifs (C(OH)–C–C–N with tert-alkyl or cyclic N) is 1. The predicted octanol–water partition coefficient (Wildman–Crippen LogP) is 3.25. The van der Waals surface area contributed by atoms with Gasteiger partial charge < -0.3 is 34.9 Å². The van der Waals surface area contributed by atoms with E-state index in [0.717, 1.165) is 21.7 Å². The molecule has 1 saturated heterocycles. The lowest BCUT2D eigenvalue weighted by atomic mass is 9.85. The van der Waals surface area contributed by atoms with E-state index in [4.69, 9.17) is 14.2 Å². The molecule has 3 aromatic rings. The van der Waals surface area contributed by atoms with Crippen molar-refractivity contribution in [3.8, 4) is 16.2 Å². The Labute approximate surface area is 288 Å². The van der Waals surface area contributed by atoms with Crippen molar-refractivity contribution in [1.29, 1.82) is 0 Å². The molecule has 49 heavy (non-hydrogen) atoms. The van der Waals surface area contributed by atoms with Gasteiger partial charge in [-0.25, -0.2) is 4.98 Å². The molecule has 3 amide bonds. The average molecular weight is 698 g/mol. The fourth-order valence-electron chi connectivity index (χ4n) is 5.25. The third-order valence-corrected chi connectivity index (χ3v) is 8.84. The first kappa shape index (κ1) is 37.4. The van der Waals surface area contributed by atoms with E-state index in [1.165, 1.54) is 29.2 Å². The number of nitrogens with one attached hydrogen (secondary N) is 2. The smallest absolute Gasteiger partial charge is 0.269 e. The first-order valence-corrected chi connectivity index (χ1v) is 16.8. The quantitative estimate of drug-likeness (QED) is 0.114. The summed E-state index contributed by atoms with van der Waals surface area (Å²) in [7, 11) is 0. The van der Waals surface area contributed by atoms with Crippen molar-refractivity contribution >= 4 is 34.7 Å². The van der Waals surface area contributed by atoms with Crippen molar-refractivity contribution in [3.63, 3.8) is 0 Å². The standard InChI is InChI=1S/C34H43N5O9S/c1-22-30(49-21-36-22)24-7-5-23(6-8-24)18-35-32(42)28-17-26(40)19-38(28)33(43)31(34(2,3)4)37-29(41)20-47-14-13-46-15-16-48-27-11-9-25(10-12-27)39(44)45/h5-12,21,26,28,31,40H,13-20H2,1-4H3,(H,35,42)(H,37,41)/t26-,28+,31-/m1/s1. The van der Waals surface area contributed by atoms with E-state index in [0.29, 0.717) is 5.75 Å². The van der Waals surface area contributed by atoms with Gasteiger partial charge in [-0.15, -0.1) is 11.3 Å². The number of nitro benzene ring substituents is 1. The molecule has 1 aliphatic heterocycles. The van der Waals surface area contributed by atoms with E-state index < -0.39 is 40.3 Å². The molecule has 1 fully saturated rings. The van der Waals surface area contributed by atoms with Crippen LogP contribution in [0.5, 0.6) is 5.75 Å². The van der Waals surface area contributed by atoms with E-state index in [1.54, 1.807) is 16.8 Å². The highest BCUT2D eigenvalue weighted by Gasteiger charge is 2.44. The van der Waals surface area contributed by atoms with Gasteiger partial charge in [-0.2, -0.15) is 0 Å². The number of non-ortho nitro benzene ring substituents is 1. The number of benzene rings is 2. The number of aromatic nitrogens is 1. The molecular formula is C34H43N5O9S. The van der Waals surface area contributed by atoms with Gasteiger partial charge in [0.2, 0.25) is 17.7 Å². The molecule has 264 valence electrons. The minimum atomic E-state index is -0.972. The maximum atomic E-state index is 13.8. The van der Waals surface area contributed by atoms with Gasteiger partial charge in [0.1, 0.15) is 31.0 Å². The summed E-state index contributed by atoms with van der Waals surface area (Å²) in [4.78, 5) is 56.8. The summed E-state index contributed by atoms with van der Waals surface area (Å²) in [6.45, 7) is 8.07. The summed E-state index contributed by atoms with van der Waals surface area (Å²) in [6, 6.07) is 11.7. The monoisotopic (exact) mass is 697 g/mol. The number of nitrogens with zero attached hydrogens (tertiary/aromatic N) is 3. The minimum absolute atomic E-state index is 0.0238. The lowest BCUT2D eigenvalue weighted by Gasteiger charge is -2.35. The van der Waals surface area contributed by atoms with Crippen LogP contribution in [0.2, 0.25) is 0 Å². The third kappa shape index (κ3) is 10.8. The van der Waals surface area contributed by atoms with E-state index >= 15 is 0 Å². The van der Waals surface area contributed by atoms with Gasteiger partial charge in [0.05, 0.1) is 46.9 Å². The van der Waals surface area contributed by atoms with Crippen molar-refractivity contribution in [2.24, 2.45) is 5.41 Å². The number of aliphatic hydroxyl groups is 1. The second-order valence-corrected chi connectivity index (χ2v) is 13.6. The van der Waals surface area contributed by atoms with Crippen molar-refractivity contribution in [2.45, 2.75) is 58.8 Å². The highest BCUT2D eigenvalue weighted by Crippen LogP contribution is 2.28. The summed E-state index contributed by atoms with van der Waals surface area (Å²) < 4.78 is 16.3. The zero-order chi connectivity index (χ0) is 35.6. The van der Waals surface area contributed by atoms with Gasteiger partial charge >= 0.3 is 0 Å². The Kier molecular flexibility index (Phi) is 13.2. The van der Waals surface area contributed by atoms with Gasteiger partial charge in [-0.3, -0.25) is 24.5 Å². The normalized spacial score (nSPS) is 16.6. The zero-order valence-corrected chi connectivity index (χ0v) is 28.9. The number of ether oxygens (including phenoxy) is 3. The van der Waals surface area contributed by atoms with Gasteiger partial charge in [0.25, 0.3) is 5.69 Å². The summed E-state index contributed by atoms with van der Waals surface area (Å²) in [6.07, 6.45) is -0.783. The highest BCUT2D eigenvalue weighted by atomic mass is 32.1. The lowest BCUT2D eigenvalue weighted by molar-refractivity contribution is -0.384. The number of hydrogen-bond donors (Lipinski definition) is 3. The fraction of sp³-hybridized carbons (Fsp3) is 0.471. The molecule has 0 bridgehead atoms. The zero-order valence-electron chi connectivity index (χ0n) is 28.0. The van der Waals surface area contributed by atoms with E-state index in [9.17, 15) is 29.6 Å². The van der Waals surface area contributed by atoms with E-state index in [1.807, 2.05) is 52.0 Å². The first-order valence-electron chi connectivity index (χ1n) is 15.9. The molecule has 0 unspecified atom stereocenters. The third-order valence-electron chi connectivity index (χ3n) is 7.86. The van der Waals surface area contributed by atoms with E-state index in [-0.39, 0.29) is 64.1 Å². The fourth-order valence-corrected chi connectivity index (χ4v) is 6.06. The van der Waals surface area contributed by atoms with Crippen LogP contribution in [0.25, 0.3) is 10.4 Å². The molecule has 3 atom stereocenters. The Bertz CT molecular complexity index is 1570. The van der Waals surface area contributed by atoms with Gasteiger partial charge in [-0.1, -0.05) is 45.0 Å². The van der Waals surface area contributed by atoms with Crippen LogP contribution in [0.3, 0.4) is 0 Å². The number of aliphatic hydroxyl groups excluding tert-OH is 1. The van der Waals surface area contributed by atoms with E-state index in [2.05, 4.69) is 15.6 Å². The van der Waals surface area contributed by atoms with Crippen LogP contribution < -0.4 is 15.4 Å². The van der Waals surface area contributed by atoms with Crippen molar-refractivity contribution in [1.82, 2.24) is 20.5 Å². The molecule has 2 aromatic carbocycles. The summed E-state index contributed by atoms with van der Waals surface area (Å²) in [5.74, 6) is -0.872. The number of aryl methyl sites for hydroxylation is 1. The lowest BCUT2D eigenvalue weighted by Crippen LogP contribution is -2.58. The number of carbonyl (C=O) groups is 3. The molecule has 0 saturated carbocycles. The maximum Gasteiger partial charge on any atom is 0.269 e. The molecule has 3 N–H and O–H groups in total. The predicted molar refractivity (Wildman–Crippen MR) is 182 cm³/mol. The molecule has 15 heteroatoms. The van der Waals surface area contributed by atoms with Crippen molar-refractivity contribution in [3.05, 3.63) is 75.4 Å². The number of likely N-dealkylation sites (tertiary alicyclic amines) is 1. The molecule has 14 nitrogen and oxygen atoms in total. The molecule has 4 rings (SSSR count). The Morgan fingerprint density at radius 3 is 2.37 bits per heavy atom. The summed E-state index contributed by atoms with van der Waals surface area (Å²) >= 11 is 1.57. The molecule has 0 radical (unpaired) electrons. The SMILES string of the molecule is Cc1ncsc1-c1ccc(CNC(=O)[C@@H]2C[C@@H](O)CN2C(=O)[C@@H](NC(=O)COCCOCCOc2ccc([N+](=O)[O-])cc2)C(C)(C)C)cc1. The van der Waals surface area contributed by atoms with Crippen LogP contribution in [0.1, 0.15) is 38.4 Å². The van der Waals surface area contributed by atoms with Gasteiger partial charge in [0.15, 0.2) is 0 Å². The van der Waals surface area contributed by atoms with Crippen molar-refractivity contribution in [2.75, 3.05) is 39.6 Å². The Morgan fingerprint density at radius 2 is 1.73 bits per heavy atom. The summed E-state index contributed by atoms with van der Waals surface area (Å²) in [5.41, 5.74) is 3.96. The van der Waals surface area contributed by atoms with Gasteiger partial charge in [0, 0.05) is 31.6 Å². The molecule has 1 aromatic heterocycles. The molecule has 1 aliphatic rings. The minimum Gasteiger partial charge on any atom is -0.491 e. The number of amides is 3. The second-order valence-electron chi connectivity index (χ2n) is 12.7. The Balaban J connectivity index is 1.21. The summed E-state index contributed by atoms with van der Waals surface area (Å²) in [5, 5.41) is 26.8. The molecule has 0 spiro atoms. The molecular weight excluding hydrogens is 654 g/mol. The molecule has 0 aliphatic carbocycles. The van der Waals surface area contributed by atoms with Gasteiger partial charge in [-0.05, 0) is 35.6 Å². The number of thiazole rings is 1. The van der Waals surface area contributed by atoms with Crippen LogP contribution in [0.15, 0.2) is 54.0 Å². The van der Waals surface area contributed by atoms with Crippen LogP contribution >= 0.6 is 11.3 Å². The topological polar surface area (TPSA) is 182 Å². The van der Waals surface area contributed by atoms with Crippen molar-refractivity contribution < 1.29 is 38.6 Å². The van der Waals surface area contributed by atoms with Crippen LogP contribution in [0.4, 0.5) is 5.69 Å². The number of rotatable bonds is 16. The Morgan fingerprint density at radius 1 is 1.06 bits per heavy atom. The largest absolute Gasteiger partial charge is 0.491 e. The highest BCUT2D eigenvalue weighted by molar-refractivity contribution is 7.13. The average Bonchev–Trinajstić information content (AvgIpc) is 3.68. The second kappa shape index (κ2) is 17.3. The maximum absolute atomic E-state index is 13.8. The number of nitro groups is 1. The first-order chi connectivity index (χ1) is 23.3. The van der Waals surface area contributed by atoms with Crippen LogP contribution in [-0.4, -0.2) is 95.4 Å². The Hall–Kier alpha value is -4.44. The number of hydrogen-bond acceptors (Lipinski definition) is 11. The van der Waals surface area contributed by atoms with Crippen LogP contribution in [0, 0.1) is 22.5 Å².